The van der Waals surface area contributed by atoms with Gasteiger partial charge < -0.3 is 31.5 Å². The lowest BCUT2D eigenvalue weighted by Crippen LogP contribution is -2.48. The van der Waals surface area contributed by atoms with Crippen LogP contribution in [0.5, 0.6) is 5.75 Å². The van der Waals surface area contributed by atoms with Crippen LogP contribution in [0.4, 0.5) is 0 Å². The third-order valence-corrected chi connectivity index (χ3v) is 6.94. The number of rotatable bonds is 15. The minimum absolute atomic E-state index is 0.161. The summed E-state index contributed by atoms with van der Waals surface area (Å²) in [4.78, 5) is 13.5. The van der Waals surface area contributed by atoms with Crippen molar-refractivity contribution in [2.24, 2.45) is 11.7 Å². The van der Waals surface area contributed by atoms with Gasteiger partial charge in [0.1, 0.15) is 5.75 Å². The first-order chi connectivity index (χ1) is 19.3. The summed E-state index contributed by atoms with van der Waals surface area (Å²) in [6.45, 7) is 3.67. The minimum Gasteiger partial charge on any atom is -0.508 e. The van der Waals surface area contributed by atoms with Gasteiger partial charge in [-0.3, -0.25) is 4.79 Å². The Hall–Kier alpha value is -3.75. The van der Waals surface area contributed by atoms with Crippen molar-refractivity contribution in [3.63, 3.8) is 0 Å². The third kappa shape index (κ3) is 9.77. The van der Waals surface area contributed by atoms with Gasteiger partial charge in [-0.1, -0.05) is 91.0 Å². The maximum Gasteiger partial charge on any atom is 0.226 e. The topological polar surface area (TPSA) is 136 Å². The number of aliphatic hydroxyl groups excluding tert-OH is 3. The Kier molecular flexibility index (Phi) is 12.1. The number of nitrogens with one attached hydrogen (secondary N) is 1. The summed E-state index contributed by atoms with van der Waals surface area (Å²) < 4.78 is 0. The van der Waals surface area contributed by atoms with E-state index >= 15 is 0 Å². The Morgan fingerprint density at radius 2 is 1.35 bits per heavy atom. The van der Waals surface area contributed by atoms with Crippen LogP contribution < -0.4 is 11.1 Å². The van der Waals surface area contributed by atoms with Crippen molar-refractivity contribution in [3.8, 4) is 5.75 Å². The molecule has 0 unspecified atom stereocenters. The van der Waals surface area contributed by atoms with Gasteiger partial charge in [-0.25, -0.2) is 0 Å². The van der Waals surface area contributed by atoms with Crippen molar-refractivity contribution < 1.29 is 25.2 Å². The van der Waals surface area contributed by atoms with Crippen molar-refractivity contribution in [2.45, 2.75) is 56.1 Å². The lowest BCUT2D eigenvalue weighted by molar-refractivity contribution is -0.128. The Labute approximate surface area is 236 Å². The number of benzene rings is 3. The maximum absolute atomic E-state index is 13.5. The summed E-state index contributed by atoms with van der Waals surface area (Å²) >= 11 is 0. The van der Waals surface area contributed by atoms with Gasteiger partial charge in [0.25, 0.3) is 0 Å². The van der Waals surface area contributed by atoms with E-state index in [1.54, 1.807) is 30.3 Å². The highest BCUT2D eigenvalue weighted by Gasteiger charge is 2.29. The SMILES string of the molecule is C=C[C@@H](O)[C@H](Cc1ccccc1)NC(=O)[C@H](Cc1ccccc1)[C@@H](O)/C=C/C[C@H](O)[C@@H](N)Cc1ccc(O)cc1. The highest BCUT2D eigenvalue weighted by Crippen LogP contribution is 2.18. The van der Waals surface area contributed by atoms with Crippen LogP contribution in [0.15, 0.2) is 110 Å². The highest BCUT2D eigenvalue weighted by atomic mass is 16.3. The summed E-state index contributed by atoms with van der Waals surface area (Å²) in [5.74, 6) is -1.07. The molecule has 0 saturated carbocycles. The van der Waals surface area contributed by atoms with Crippen LogP contribution in [-0.4, -0.2) is 56.7 Å². The Morgan fingerprint density at radius 3 is 1.93 bits per heavy atom. The molecule has 0 aliphatic rings. The molecule has 0 spiro atoms. The van der Waals surface area contributed by atoms with Crippen LogP contribution >= 0.6 is 0 Å². The maximum atomic E-state index is 13.5. The predicted molar refractivity (Wildman–Crippen MR) is 157 cm³/mol. The molecule has 3 aromatic rings. The molecule has 3 rings (SSSR count). The number of phenolic OH excluding ortho intramolecular Hbond substituents is 1. The zero-order valence-corrected chi connectivity index (χ0v) is 22.6. The number of amides is 1. The second kappa shape index (κ2) is 15.7. The monoisotopic (exact) mass is 544 g/mol. The lowest BCUT2D eigenvalue weighted by atomic mass is 9.91. The summed E-state index contributed by atoms with van der Waals surface area (Å²) in [6, 6.07) is 24.4. The number of aromatic hydroxyl groups is 1. The fourth-order valence-corrected chi connectivity index (χ4v) is 4.52. The van der Waals surface area contributed by atoms with Crippen molar-refractivity contribution in [1.82, 2.24) is 5.32 Å². The number of hydrogen-bond acceptors (Lipinski definition) is 6. The number of carbonyl (C=O) groups excluding carboxylic acids is 1. The molecular formula is C33H40N2O5. The molecular weight excluding hydrogens is 504 g/mol. The predicted octanol–water partition coefficient (Wildman–Crippen LogP) is 3.06. The standard InChI is InChI=1S/C33H40N2O5/c1-2-30(37)29(22-24-12-7-4-8-13-24)35-33(40)27(20-23-10-5-3-6-11-23)31(38)14-9-15-32(39)28(34)21-25-16-18-26(36)19-17-25/h2-14,16-19,27-32,36-39H,1,15,20-22,34H2,(H,35,40)/b14-9+/t27-,28+,29+,30-,31+,32+/m1/s1. The van der Waals surface area contributed by atoms with Gasteiger partial charge in [0.2, 0.25) is 5.91 Å². The van der Waals surface area contributed by atoms with Crippen molar-refractivity contribution in [1.29, 1.82) is 0 Å². The lowest BCUT2D eigenvalue weighted by Gasteiger charge is -2.27. The molecule has 3 aromatic carbocycles. The molecule has 0 heterocycles. The number of phenols is 1. The van der Waals surface area contributed by atoms with Crippen LogP contribution in [0.2, 0.25) is 0 Å². The fourth-order valence-electron chi connectivity index (χ4n) is 4.52. The zero-order valence-electron chi connectivity index (χ0n) is 22.6. The molecule has 0 aromatic heterocycles. The molecule has 40 heavy (non-hydrogen) atoms. The fraction of sp³-hybridized carbons (Fsp3) is 0.303. The molecule has 7 N–H and O–H groups in total. The smallest absolute Gasteiger partial charge is 0.226 e. The molecule has 0 aliphatic heterocycles. The molecule has 0 radical (unpaired) electrons. The van der Waals surface area contributed by atoms with Gasteiger partial charge >= 0.3 is 0 Å². The van der Waals surface area contributed by atoms with E-state index in [0.29, 0.717) is 12.8 Å². The van der Waals surface area contributed by atoms with E-state index in [1.807, 2.05) is 60.7 Å². The average molecular weight is 545 g/mol. The molecule has 7 nitrogen and oxygen atoms in total. The first-order valence-electron chi connectivity index (χ1n) is 13.5. The van der Waals surface area contributed by atoms with Crippen LogP contribution in [0.1, 0.15) is 23.1 Å². The molecule has 1 amide bonds. The number of carbonyl (C=O) groups is 1. The molecule has 7 heteroatoms. The van der Waals surface area contributed by atoms with Crippen LogP contribution in [0, 0.1) is 5.92 Å². The average Bonchev–Trinajstić information content (AvgIpc) is 2.97. The molecule has 0 aliphatic carbocycles. The van der Waals surface area contributed by atoms with E-state index in [2.05, 4.69) is 11.9 Å². The van der Waals surface area contributed by atoms with Gasteiger partial charge in [0, 0.05) is 6.04 Å². The molecule has 0 fully saturated rings. The number of aliphatic hydroxyl groups is 3. The van der Waals surface area contributed by atoms with Crippen LogP contribution in [0.25, 0.3) is 0 Å². The van der Waals surface area contributed by atoms with Gasteiger partial charge in [-0.05, 0) is 54.5 Å². The summed E-state index contributed by atoms with van der Waals surface area (Å²) in [5, 5.41) is 44.6. The van der Waals surface area contributed by atoms with E-state index in [0.717, 1.165) is 16.7 Å². The quantitative estimate of drug-likeness (QED) is 0.163. The Bertz CT molecular complexity index is 1200. The van der Waals surface area contributed by atoms with E-state index in [4.69, 9.17) is 5.73 Å². The largest absolute Gasteiger partial charge is 0.508 e. The van der Waals surface area contributed by atoms with E-state index < -0.39 is 42.2 Å². The van der Waals surface area contributed by atoms with Crippen LogP contribution in [0.3, 0.4) is 0 Å². The summed E-state index contributed by atoms with van der Waals surface area (Å²) in [6.07, 6.45) is 2.86. The normalized spacial score (nSPS) is 16.0. The van der Waals surface area contributed by atoms with Gasteiger partial charge in [-0.2, -0.15) is 0 Å². The van der Waals surface area contributed by atoms with Crippen molar-refractivity contribution >= 4 is 5.91 Å². The van der Waals surface area contributed by atoms with E-state index in [9.17, 15) is 25.2 Å². The summed E-state index contributed by atoms with van der Waals surface area (Å²) in [7, 11) is 0. The van der Waals surface area contributed by atoms with Crippen molar-refractivity contribution in [2.75, 3.05) is 0 Å². The second-order valence-corrected chi connectivity index (χ2v) is 10.1. The van der Waals surface area contributed by atoms with E-state index in [1.165, 1.54) is 12.2 Å². The first kappa shape index (κ1) is 30.8. The van der Waals surface area contributed by atoms with Gasteiger partial charge in [0.15, 0.2) is 0 Å². The third-order valence-electron chi connectivity index (χ3n) is 6.94. The van der Waals surface area contributed by atoms with Crippen molar-refractivity contribution in [3.05, 3.63) is 126 Å². The Balaban J connectivity index is 1.68. The number of hydrogen-bond donors (Lipinski definition) is 6. The molecule has 0 bridgehead atoms. The van der Waals surface area contributed by atoms with E-state index in [-0.39, 0.29) is 18.6 Å². The second-order valence-electron chi connectivity index (χ2n) is 10.1. The molecule has 0 saturated heterocycles. The molecule has 212 valence electrons. The first-order valence-corrected chi connectivity index (χ1v) is 13.5. The zero-order chi connectivity index (χ0) is 28.9. The number of nitrogens with two attached hydrogens (primary N) is 1. The van der Waals surface area contributed by atoms with Crippen LogP contribution in [-0.2, 0) is 24.1 Å². The highest BCUT2D eigenvalue weighted by molar-refractivity contribution is 5.80. The Morgan fingerprint density at radius 1 is 0.800 bits per heavy atom. The molecule has 6 atom stereocenters. The minimum atomic E-state index is -1.14. The summed E-state index contributed by atoms with van der Waals surface area (Å²) in [5.41, 5.74) is 8.89. The van der Waals surface area contributed by atoms with Gasteiger partial charge in [0.05, 0.1) is 30.3 Å². The van der Waals surface area contributed by atoms with Gasteiger partial charge in [-0.15, -0.1) is 6.58 Å².